The number of benzene rings is 2. The number of carbonyl (C=O) groups excluding carboxylic acids is 1. The molecule has 1 atom stereocenters. The monoisotopic (exact) mass is 416 g/mol. The standard InChI is InChI=1S/C19H20N4O5S/c1-21-13-9-8-12(10-15(13)22(2)19(21)25)20-18(24)17-11-23(29(3,26)27)14-6-4-5-7-16(14)28-17/h4-10,17H,11H2,1-3H3,(H,20,24)/t17-/m0/s1. The molecule has 2 aromatic carbocycles. The van der Waals surface area contributed by atoms with E-state index in [4.69, 9.17) is 4.74 Å². The Balaban J connectivity index is 1.63. The highest BCUT2D eigenvalue weighted by molar-refractivity contribution is 7.92. The van der Waals surface area contributed by atoms with Crippen LogP contribution in [0.25, 0.3) is 11.0 Å². The van der Waals surface area contributed by atoms with Gasteiger partial charge in [0.05, 0.1) is 29.5 Å². The van der Waals surface area contributed by atoms with Crippen LogP contribution < -0.4 is 20.0 Å². The summed E-state index contributed by atoms with van der Waals surface area (Å²) in [4.78, 5) is 24.9. The van der Waals surface area contributed by atoms with Gasteiger partial charge in [-0.2, -0.15) is 0 Å². The summed E-state index contributed by atoms with van der Waals surface area (Å²) >= 11 is 0. The fourth-order valence-electron chi connectivity index (χ4n) is 3.46. The van der Waals surface area contributed by atoms with Gasteiger partial charge in [0.2, 0.25) is 10.0 Å². The first-order valence-corrected chi connectivity index (χ1v) is 10.7. The first kappa shape index (κ1) is 19.1. The van der Waals surface area contributed by atoms with Crippen LogP contribution in [0.4, 0.5) is 11.4 Å². The van der Waals surface area contributed by atoms with Crippen molar-refractivity contribution in [1.29, 1.82) is 0 Å². The van der Waals surface area contributed by atoms with Crippen molar-refractivity contribution >= 4 is 38.3 Å². The quantitative estimate of drug-likeness (QED) is 0.687. The van der Waals surface area contributed by atoms with E-state index in [0.717, 1.165) is 11.8 Å². The molecule has 1 aliphatic heterocycles. The SMILES string of the molecule is Cn1c(=O)n(C)c2cc(NC(=O)[C@@H]3CN(S(C)(=O)=O)c4ccccc4O3)ccc21. The summed E-state index contributed by atoms with van der Waals surface area (Å²) in [6, 6.07) is 11.8. The maximum atomic E-state index is 12.8. The zero-order valence-electron chi connectivity index (χ0n) is 16.1. The van der Waals surface area contributed by atoms with Crippen LogP contribution in [-0.2, 0) is 28.9 Å². The third kappa shape index (κ3) is 3.25. The summed E-state index contributed by atoms with van der Waals surface area (Å²) in [6.07, 6.45) is 0.0726. The zero-order valence-corrected chi connectivity index (χ0v) is 16.9. The highest BCUT2D eigenvalue weighted by Crippen LogP contribution is 2.34. The number of nitrogens with one attached hydrogen (secondary N) is 1. The second-order valence-corrected chi connectivity index (χ2v) is 8.87. The number of ether oxygens (including phenoxy) is 1. The Morgan fingerprint density at radius 2 is 1.79 bits per heavy atom. The van der Waals surface area contributed by atoms with Crippen LogP contribution >= 0.6 is 0 Å². The number of amides is 1. The average molecular weight is 416 g/mol. The van der Waals surface area contributed by atoms with Crippen molar-refractivity contribution < 1.29 is 17.9 Å². The van der Waals surface area contributed by atoms with Crippen molar-refractivity contribution in [2.45, 2.75) is 6.10 Å². The third-order valence-corrected chi connectivity index (χ3v) is 6.11. The number of aryl methyl sites for hydroxylation is 2. The number of para-hydroxylation sites is 2. The molecule has 4 rings (SSSR count). The van der Waals surface area contributed by atoms with Gasteiger partial charge in [0, 0.05) is 19.8 Å². The van der Waals surface area contributed by atoms with Gasteiger partial charge in [-0.25, -0.2) is 13.2 Å². The van der Waals surface area contributed by atoms with Gasteiger partial charge >= 0.3 is 5.69 Å². The molecule has 3 aromatic rings. The number of rotatable bonds is 3. The number of hydrogen-bond acceptors (Lipinski definition) is 5. The van der Waals surface area contributed by atoms with Gasteiger partial charge in [0.1, 0.15) is 5.75 Å². The van der Waals surface area contributed by atoms with Crippen molar-refractivity contribution in [3.63, 3.8) is 0 Å². The minimum Gasteiger partial charge on any atom is -0.476 e. The van der Waals surface area contributed by atoms with Gasteiger partial charge in [-0.1, -0.05) is 12.1 Å². The predicted molar refractivity (Wildman–Crippen MR) is 110 cm³/mol. The first-order valence-electron chi connectivity index (χ1n) is 8.86. The lowest BCUT2D eigenvalue weighted by Gasteiger charge is -2.33. The lowest BCUT2D eigenvalue weighted by molar-refractivity contribution is -0.122. The molecule has 0 saturated carbocycles. The Kier molecular flexibility index (Phi) is 4.38. The van der Waals surface area contributed by atoms with Crippen molar-refractivity contribution in [3.05, 3.63) is 52.9 Å². The van der Waals surface area contributed by atoms with E-state index in [2.05, 4.69) is 5.32 Å². The summed E-state index contributed by atoms with van der Waals surface area (Å²) in [5, 5.41) is 2.75. The molecule has 0 saturated heterocycles. The largest absolute Gasteiger partial charge is 0.476 e. The molecule has 2 heterocycles. The first-order chi connectivity index (χ1) is 13.7. The van der Waals surface area contributed by atoms with Gasteiger partial charge in [0.15, 0.2) is 6.10 Å². The van der Waals surface area contributed by atoms with Gasteiger partial charge in [0.25, 0.3) is 5.91 Å². The molecule has 1 N–H and O–H groups in total. The van der Waals surface area contributed by atoms with E-state index in [9.17, 15) is 18.0 Å². The number of carbonyl (C=O) groups is 1. The van der Waals surface area contributed by atoms with Crippen molar-refractivity contribution in [2.24, 2.45) is 14.1 Å². The molecule has 0 unspecified atom stereocenters. The zero-order chi connectivity index (χ0) is 20.9. The molecule has 152 valence electrons. The fraction of sp³-hybridized carbons (Fsp3) is 0.263. The molecule has 1 aromatic heterocycles. The Morgan fingerprint density at radius 1 is 1.10 bits per heavy atom. The molecular weight excluding hydrogens is 396 g/mol. The van der Waals surface area contributed by atoms with E-state index in [-0.39, 0.29) is 12.2 Å². The van der Waals surface area contributed by atoms with E-state index in [0.29, 0.717) is 22.6 Å². The summed E-state index contributed by atoms with van der Waals surface area (Å²) < 4.78 is 34.3. The fourth-order valence-corrected chi connectivity index (χ4v) is 4.37. The van der Waals surface area contributed by atoms with Crippen molar-refractivity contribution in [3.8, 4) is 5.75 Å². The maximum Gasteiger partial charge on any atom is 0.328 e. The van der Waals surface area contributed by atoms with Crippen molar-refractivity contribution in [2.75, 3.05) is 22.4 Å². The lowest BCUT2D eigenvalue weighted by Crippen LogP contribution is -2.48. The van der Waals surface area contributed by atoms with Crippen molar-refractivity contribution in [1.82, 2.24) is 9.13 Å². The van der Waals surface area contributed by atoms with E-state index >= 15 is 0 Å². The molecule has 10 heteroatoms. The topological polar surface area (TPSA) is 103 Å². The van der Waals surface area contributed by atoms with Crippen LogP contribution in [0.3, 0.4) is 0 Å². The predicted octanol–water partition coefficient (Wildman–Crippen LogP) is 1.04. The number of fused-ring (bicyclic) bond motifs is 2. The summed E-state index contributed by atoms with van der Waals surface area (Å²) in [7, 11) is -0.252. The van der Waals surface area contributed by atoms with Crippen LogP contribution in [0, 0.1) is 0 Å². The number of nitrogens with zero attached hydrogens (tertiary/aromatic N) is 3. The molecule has 0 fully saturated rings. The Morgan fingerprint density at radius 3 is 2.52 bits per heavy atom. The van der Waals surface area contributed by atoms with Gasteiger partial charge in [-0.05, 0) is 30.3 Å². The molecule has 9 nitrogen and oxygen atoms in total. The smallest absolute Gasteiger partial charge is 0.328 e. The molecule has 29 heavy (non-hydrogen) atoms. The number of imidazole rings is 1. The third-order valence-electron chi connectivity index (χ3n) is 4.97. The highest BCUT2D eigenvalue weighted by Gasteiger charge is 2.34. The van der Waals surface area contributed by atoms with E-state index in [1.165, 1.54) is 13.4 Å². The lowest BCUT2D eigenvalue weighted by atomic mass is 10.2. The molecule has 0 spiro atoms. The molecule has 1 aliphatic rings. The normalized spacial score (nSPS) is 16.4. The van der Waals surface area contributed by atoms with E-state index in [1.54, 1.807) is 56.6 Å². The highest BCUT2D eigenvalue weighted by atomic mass is 32.2. The number of aromatic nitrogens is 2. The summed E-state index contributed by atoms with van der Waals surface area (Å²) in [5.41, 5.74) is 2.13. The minimum absolute atomic E-state index is 0.131. The number of hydrogen-bond donors (Lipinski definition) is 1. The molecular formula is C19H20N4O5S. The summed E-state index contributed by atoms with van der Waals surface area (Å²) in [6.45, 7) is -0.131. The summed E-state index contributed by atoms with van der Waals surface area (Å²) in [5.74, 6) is -0.154. The Hall–Kier alpha value is -3.27. The minimum atomic E-state index is -3.58. The van der Waals surface area contributed by atoms with Crippen LogP contribution in [0.1, 0.15) is 0 Å². The molecule has 0 radical (unpaired) electrons. The van der Waals surface area contributed by atoms with Crippen LogP contribution in [0.2, 0.25) is 0 Å². The second kappa shape index (κ2) is 6.66. The van der Waals surface area contributed by atoms with E-state index in [1.807, 2.05) is 0 Å². The molecule has 0 bridgehead atoms. The maximum absolute atomic E-state index is 12.8. The van der Waals surface area contributed by atoms with Gasteiger partial charge in [-0.3, -0.25) is 18.2 Å². The van der Waals surface area contributed by atoms with Crippen LogP contribution in [0.5, 0.6) is 5.75 Å². The van der Waals surface area contributed by atoms with Gasteiger partial charge < -0.3 is 10.1 Å². The van der Waals surface area contributed by atoms with Crippen LogP contribution in [-0.4, -0.2) is 42.4 Å². The Bertz CT molecular complexity index is 1290. The molecule has 0 aliphatic carbocycles. The Labute approximate surface area is 167 Å². The number of anilines is 2. The van der Waals surface area contributed by atoms with E-state index < -0.39 is 22.0 Å². The number of sulfonamides is 1. The van der Waals surface area contributed by atoms with Gasteiger partial charge in [-0.15, -0.1) is 0 Å². The van der Waals surface area contributed by atoms with Crippen LogP contribution in [0.15, 0.2) is 47.3 Å². The molecule has 1 amide bonds. The second-order valence-electron chi connectivity index (χ2n) is 6.96. The average Bonchev–Trinajstić information content (AvgIpc) is 2.90.